The molecular weight excluding hydrogens is 402 g/mol. The molecule has 2 unspecified atom stereocenters. The minimum absolute atomic E-state index is 0.516. The molecular formula is C23H21N9. The summed E-state index contributed by atoms with van der Waals surface area (Å²) in [7, 11) is 0. The van der Waals surface area contributed by atoms with E-state index in [1.807, 2.05) is 24.3 Å². The van der Waals surface area contributed by atoms with Gasteiger partial charge >= 0.3 is 0 Å². The van der Waals surface area contributed by atoms with Crippen LogP contribution in [0.5, 0.6) is 0 Å². The Morgan fingerprint density at radius 2 is 1.91 bits per heavy atom. The molecule has 5 aromatic rings. The number of hydrogen-bond donors (Lipinski definition) is 3. The Kier molecular flexibility index (Phi) is 3.80. The van der Waals surface area contributed by atoms with Crippen LogP contribution in [0.2, 0.25) is 0 Å². The van der Waals surface area contributed by atoms with Crippen molar-refractivity contribution in [1.82, 2.24) is 40.0 Å². The van der Waals surface area contributed by atoms with E-state index in [0.717, 1.165) is 46.5 Å². The number of piperidine rings is 2. The van der Waals surface area contributed by atoms with Crippen molar-refractivity contribution in [3.63, 3.8) is 0 Å². The molecule has 1 saturated heterocycles. The van der Waals surface area contributed by atoms with Gasteiger partial charge in [0.05, 0.1) is 22.9 Å². The van der Waals surface area contributed by atoms with Crippen LogP contribution in [0.1, 0.15) is 12.5 Å². The fourth-order valence-electron chi connectivity index (χ4n) is 5.24. The predicted octanol–water partition coefficient (Wildman–Crippen LogP) is 3.29. The summed E-state index contributed by atoms with van der Waals surface area (Å²) in [6.45, 7) is 2.17. The molecule has 5 aromatic heterocycles. The molecule has 0 spiro atoms. The fraction of sp³-hybridized carbons (Fsp3) is 0.261. The summed E-state index contributed by atoms with van der Waals surface area (Å²) in [5.41, 5.74) is 5.36. The van der Waals surface area contributed by atoms with Crippen molar-refractivity contribution < 1.29 is 0 Å². The number of rotatable bonds is 4. The summed E-state index contributed by atoms with van der Waals surface area (Å²) in [4.78, 5) is 18.4. The monoisotopic (exact) mass is 423 g/mol. The molecule has 2 fully saturated rings. The maximum atomic E-state index is 4.89. The van der Waals surface area contributed by atoms with E-state index in [9.17, 15) is 0 Å². The molecule has 32 heavy (non-hydrogen) atoms. The number of anilines is 2. The van der Waals surface area contributed by atoms with E-state index in [1.165, 1.54) is 6.42 Å². The van der Waals surface area contributed by atoms with Crippen LogP contribution >= 0.6 is 0 Å². The minimum atomic E-state index is 0.516. The van der Waals surface area contributed by atoms with Gasteiger partial charge in [-0.2, -0.15) is 5.10 Å². The molecule has 1 aliphatic heterocycles. The van der Waals surface area contributed by atoms with Crippen LogP contribution in [0.3, 0.4) is 0 Å². The van der Waals surface area contributed by atoms with Crippen LogP contribution in [0.25, 0.3) is 33.5 Å². The van der Waals surface area contributed by atoms with Gasteiger partial charge in [-0.05, 0) is 55.6 Å². The second kappa shape index (κ2) is 6.83. The van der Waals surface area contributed by atoms with Gasteiger partial charge in [0.1, 0.15) is 5.52 Å². The van der Waals surface area contributed by atoms with Crippen LogP contribution in [0.15, 0.2) is 55.1 Å². The SMILES string of the molecule is c1cnc2c(-c3cc(Nc4cnc5ccn(C6C7CNCC6C7)c5n4)n[nH]3)ccnc2c1. The maximum Gasteiger partial charge on any atom is 0.161 e. The van der Waals surface area contributed by atoms with Gasteiger partial charge < -0.3 is 15.2 Å². The molecule has 3 N–H and O–H groups in total. The fourth-order valence-corrected chi connectivity index (χ4v) is 5.24. The molecule has 2 aliphatic rings. The number of nitrogens with zero attached hydrogens (tertiary/aromatic N) is 6. The molecule has 1 saturated carbocycles. The third-order valence-corrected chi connectivity index (χ3v) is 6.75. The first kappa shape index (κ1) is 17.8. The number of nitrogens with one attached hydrogen (secondary N) is 3. The molecule has 0 radical (unpaired) electrons. The summed E-state index contributed by atoms with van der Waals surface area (Å²) in [5, 5.41) is 14.3. The molecule has 9 nitrogen and oxygen atoms in total. The van der Waals surface area contributed by atoms with Gasteiger partial charge in [0.2, 0.25) is 0 Å². The van der Waals surface area contributed by atoms with Crippen LogP contribution in [-0.2, 0) is 0 Å². The third-order valence-electron chi connectivity index (χ3n) is 6.75. The summed E-state index contributed by atoms with van der Waals surface area (Å²) in [5.74, 6) is 2.72. The number of fused-ring (bicyclic) bond motifs is 4. The lowest BCUT2D eigenvalue weighted by Gasteiger charge is -2.50. The van der Waals surface area contributed by atoms with Gasteiger partial charge in [0.15, 0.2) is 17.3 Å². The average Bonchev–Trinajstić information content (AvgIpc) is 3.46. The predicted molar refractivity (Wildman–Crippen MR) is 121 cm³/mol. The molecule has 2 atom stereocenters. The zero-order chi connectivity index (χ0) is 21.1. The van der Waals surface area contributed by atoms with Crippen molar-refractivity contribution in [2.45, 2.75) is 12.5 Å². The van der Waals surface area contributed by atoms with Crippen LogP contribution < -0.4 is 10.6 Å². The van der Waals surface area contributed by atoms with E-state index in [1.54, 1.807) is 18.6 Å². The van der Waals surface area contributed by atoms with E-state index in [-0.39, 0.29) is 0 Å². The highest BCUT2D eigenvalue weighted by Gasteiger charge is 2.45. The number of H-pyrrole nitrogens is 1. The Balaban J connectivity index is 1.20. The second-order valence-corrected chi connectivity index (χ2v) is 8.61. The second-order valence-electron chi connectivity index (χ2n) is 8.61. The lowest BCUT2D eigenvalue weighted by Crippen LogP contribution is -2.53. The van der Waals surface area contributed by atoms with Crippen molar-refractivity contribution in [2.75, 3.05) is 18.4 Å². The topological polar surface area (TPSA) is 109 Å². The van der Waals surface area contributed by atoms with Crippen LogP contribution in [0.4, 0.5) is 11.6 Å². The molecule has 2 bridgehead atoms. The van der Waals surface area contributed by atoms with E-state index >= 15 is 0 Å². The van der Waals surface area contributed by atoms with Crippen molar-refractivity contribution in [2.24, 2.45) is 11.8 Å². The van der Waals surface area contributed by atoms with E-state index in [2.05, 4.69) is 52.6 Å². The average molecular weight is 423 g/mol. The molecule has 6 heterocycles. The zero-order valence-corrected chi connectivity index (χ0v) is 17.2. The number of pyridine rings is 2. The molecule has 1 aliphatic carbocycles. The first-order valence-electron chi connectivity index (χ1n) is 10.9. The lowest BCUT2D eigenvalue weighted by molar-refractivity contribution is 0.0443. The van der Waals surface area contributed by atoms with Crippen molar-refractivity contribution in [3.05, 3.63) is 55.1 Å². The number of hydrogen-bond acceptors (Lipinski definition) is 7. The quantitative estimate of drug-likeness (QED) is 0.407. The van der Waals surface area contributed by atoms with Gasteiger partial charge in [-0.15, -0.1) is 0 Å². The van der Waals surface area contributed by atoms with Gasteiger partial charge in [-0.25, -0.2) is 9.97 Å². The van der Waals surface area contributed by atoms with Gasteiger partial charge in [0.25, 0.3) is 0 Å². The van der Waals surface area contributed by atoms with Crippen molar-refractivity contribution in [3.8, 4) is 11.3 Å². The Labute approximate surface area is 183 Å². The van der Waals surface area contributed by atoms with Crippen LogP contribution in [0, 0.1) is 11.8 Å². The number of aromatic nitrogens is 7. The highest BCUT2D eigenvalue weighted by atomic mass is 15.2. The highest BCUT2D eigenvalue weighted by Crippen LogP contribution is 2.47. The van der Waals surface area contributed by atoms with Gasteiger partial charge in [0, 0.05) is 36.3 Å². The summed E-state index contributed by atoms with van der Waals surface area (Å²) in [6.07, 6.45) is 8.75. The van der Waals surface area contributed by atoms with Gasteiger partial charge in [-0.1, -0.05) is 0 Å². The summed E-state index contributed by atoms with van der Waals surface area (Å²) >= 11 is 0. The molecule has 9 heteroatoms. The van der Waals surface area contributed by atoms with Crippen LogP contribution in [-0.4, -0.2) is 47.8 Å². The Morgan fingerprint density at radius 3 is 2.81 bits per heavy atom. The maximum absolute atomic E-state index is 4.89. The lowest BCUT2D eigenvalue weighted by atomic mass is 9.67. The third kappa shape index (κ3) is 2.71. The first-order valence-corrected chi connectivity index (χ1v) is 10.9. The molecule has 158 valence electrons. The Morgan fingerprint density at radius 1 is 0.969 bits per heavy atom. The van der Waals surface area contributed by atoms with Crippen molar-refractivity contribution in [1.29, 1.82) is 0 Å². The molecule has 0 aromatic carbocycles. The van der Waals surface area contributed by atoms with E-state index in [0.29, 0.717) is 29.5 Å². The highest BCUT2D eigenvalue weighted by molar-refractivity contribution is 5.90. The Bertz CT molecular complexity index is 1430. The van der Waals surface area contributed by atoms with E-state index < -0.39 is 0 Å². The largest absolute Gasteiger partial charge is 0.327 e. The minimum Gasteiger partial charge on any atom is -0.327 e. The van der Waals surface area contributed by atoms with Gasteiger partial charge in [-0.3, -0.25) is 15.1 Å². The smallest absolute Gasteiger partial charge is 0.161 e. The Hall–Kier alpha value is -3.85. The van der Waals surface area contributed by atoms with Crippen molar-refractivity contribution >= 4 is 33.8 Å². The first-order chi connectivity index (χ1) is 15.8. The molecule has 0 amide bonds. The summed E-state index contributed by atoms with van der Waals surface area (Å²) < 4.78 is 2.32. The standard InChI is InChI=1S/C23H21N9/c1-2-16-21(26-5-1)15(3-6-25-16)18-9-19(31-30-18)28-20-12-27-17-4-7-32(23(17)29-20)22-13-8-14(22)11-24-10-13/h1-7,9,12-14,22,24H,8,10-11H2,(H2,28,29,30,31). The number of aromatic amines is 1. The normalized spacial score (nSPS) is 22.2. The van der Waals surface area contributed by atoms with E-state index in [4.69, 9.17) is 4.98 Å². The molecule has 7 rings (SSSR count). The summed E-state index contributed by atoms with van der Waals surface area (Å²) in [6, 6.07) is 10.3. The zero-order valence-electron chi connectivity index (χ0n) is 17.2.